The first-order valence-corrected chi connectivity index (χ1v) is 17.1. The highest BCUT2D eigenvalue weighted by molar-refractivity contribution is 5.80. The summed E-state index contributed by atoms with van der Waals surface area (Å²) in [5.41, 5.74) is 9.17. The Kier molecular flexibility index (Phi) is 10.2. The lowest BCUT2D eigenvalue weighted by atomic mass is 9.98. The Morgan fingerprint density at radius 1 is 0.519 bits per heavy atom. The molecule has 2 amide bonds. The first-order chi connectivity index (χ1) is 25.3. The number of amides is 2. The van der Waals surface area contributed by atoms with E-state index in [-0.39, 0.29) is 51.5 Å². The Morgan fingerprint density at radius 3 is 1.13 bits per heavy atom. The summed E-state index contributed by atoms with van der Waals surface area (Å²) in [6, 6.07) is 31.2. The van der Waals surface area contributed by atoms with E-state index in [4.69, 9.17) is 29.2 Å². The van der Waals surface area contributed by atoms with Gasteiger partial charge in [0.05, 0.1) is 38.5 Å². The van der Waals surface area contributed by atoms with Crippen LogP contribution in [0.25, 0.3) is 22.3 Å². The van der Waals surface area contributed by atoms with Gasteiger partial charge in [0.1, 0.15) is 25.0 Å². The number of hydrogen-bond acceptors (Lipinski definition) is 8. The number of alkyl carbamates (subject to hydrolysis) is 2. The minimum absolute atomic E-state index is 0.0248. The molecule has 0 bridgehead atoms. The van der Waals surface area contributed by atoms with Gasteiger partial charge in [-0.05, 0) is 44.5 Å². The van der Waals surface area contributed by atoms with Crippen molar-refractivity contribution < 1.29 is 48.3 Å². The highest BCUT2D eigenvalue weighted by atomic mass is 16.6. The number of carboxylic acids is 2. The van der Waals surface area contributed by atoms with E-state index in [1.807, 2.05) is 72.8 Å². The fraction of sp³-hybridized carbons (Fsp3) is 0.300. The van der Waals surface area contributed by atoms with Crippen LogP contribution in [0.3, 0.4) is 0 Å². The summed E-state index contributed by atoms with van der Waals surface area (Å²) in [5, 5.41) is 23.5. The lowest BCUT2D eigenvalue weighted by Crippen LogP contribution is -2.43. The maximum absolute atomic E-state index is 12.2. The van der Waals surface area contributed by atoms with E-state index in [0.717, 1.165) is 44.5 Å². The van der Waals surface area contributed by atoms with Gasteiger partial charge in [-0.1, -0.05) is 97.1 Å². The van der Waals surface area contributed by atoms with Crippen molar-refractivity contribution in [2.75, 3.05) is 39.6 Å². The summed E-state index contributed by atoms with van der Waals surface area (Å²) in [5.74, 6) is -3.49. The largest absolute Gasteiger partial charge is 0.481 e. The number of rotatable bonds is 8. The molecule has 4 aromatic carbocycles. The fourth-order valence-corrected chi connectivity index (χ4v) is 7.46. The summed E-state index contributed by atoms with van der Waals surface area (Å²) >= 11 is 0. The first-order valence-electron chi connectivity index (χ1n) is 17.1. The maximum Gasteiger partial charge on any atom is 0.407 e. The Labute approximate surface area is 299 Å². The highest BCUT2D eigenvalue weighted by Gasteiger charge is 2.37. The van der Waals surface area contributed by atoms with Crippen molar-refractivity contribution in [3.8, 4) is 22.3 Å². The lowest BCUT2D eigenvalue weighted by Gasteiger charge is -2.18. The number of carboxylic acid groups (broad SMARTS) is 2. The smallest absolute Gasteiger partial charge is 0.407 e. The lowest BCUT2D eigenvalue weighted by molar-refractivity contribution is -0.143. The van der Waals surface area contributed by atoms with Gasteiger partial charge in [-0.25, -0.2) is 9.59 Å². The summed E-state index contributed by atoms with van der Waals surface area (Å²) in [6.45, 7) is 0.964. The van der Waals surface area contributed by atoms with E-state index in [0.29, 0.717) is 0 Å². The zero-order valence-corrected chi connectivity index (χ0v) is 28.1. The molecule has 12 nitrogen and oxygen atoms in total. The number of carbonyl (C=O) groups is 4. The Hall–Kier alpha value is -5.72. The predicted octanol–water partition coefficient (Wildman–Crippen LogP) is 5.25. The van der Waals surface area contributed by atoms with Crippen LogP contribution >= 0.6 is 0 Å². The summed E-state index contributed by atoms with van der Waals surface area (Å²) in [4.78, 5) is 46.7. The van der Waals surface area contributed by atoms with Crippen molar-refractivity contribution in [1.82, 2.24) is 10.6 Å². The normalized spacial score (nSPS) is 21.1. The van der Waals surface area contributed by atoms with E-state index in [2.05, 4.69) is 34.9 Å². The molecule has 52 heavy (non-hydrogen) atoms. The van der Waals surface area contributed by atoms with E-state index in [9.17, 15) is 19.2 Å². The second kappa shape index (κ2) is 15.3. The van der Waals surface area contributed by atoms with Crippen LogP contribution in [0.4, 0.5) is 9.59 Å². The van der Waals surface area contributed by atoms with Crippen LogP contribution in [0.15, 0.2) is 97.1 Å². The third-order valence-corrected chi connectivity index (χ3v) is 10.1. The maximum atomic E-state index is 12.2. The second-order valence-corrected chi connectivity index (χ2v) is 13.1. The number of carbonyl (C=O) groups excluding carboxylic acids is 2. The molecular weight excluding hydrogens is 668 g/mol. The molecule has 4 aliphatic rings. The average Bonchev–Trinajstić information content (AvgIpc) is 3.94. The second-order valence-electron chi connectivity index (χ2n) is 13.1. The Balaban J connectivity index is 0.000000162. The Bertz CT molecular complexity index is 1750. The van der Waals surface area contributed by atoms with E-state index in [1.165, 1.54) is 0 Å². The van der Waals surface area contributed by atoms with Gasteiger partial charge in [-0.15, -0.1) is 0 Å². The molecule has 268 valence electrons. The predicted molar refractivity (Wildman–Crippen MR) is 188 cm³/mol. The molecule has 0 radical (unpaired) electrons. The van der Waals surface area contributed by atoms with Crippen molar-refractivity contribution >= 4 is 24.1 Å². The van der Waals surface area contributed by atoms with Crippen LogP contribution < -0.4 is 10.6 Å². The van der Waals surface area contributed by atoms with Gasteiger partial charge in [-0.2, -0.15) is 0 Å². The van der Waals surface area contributed by atoms with Crippen molar-refractivity contribution in [3.63, 3.8) is 0 Å². The zero-order valence-electron chi connectivity index (χ0n) is 28.1. The fourth-order valence-electron chi connectivity index (χ4n) is 7.46. The average molecular weight is 707 g/mol. The van der Waals surface area contributed by atoms with Gasteiger partial charge in [0.15, 0.2) is 0 Å². The molecule has 0 unspecified atom stereocenters. The highest BCUT2D eigenvalue weighted by Crippen LogP contribution is 2.45. The van der Waals surface area contributed by atoms with Crippen molar-refractivity contribution in [2.45, 2.75) is 23.9 Å². The minimum atomic E-state index is -0.980. The number of hydrogen-bond donors (Lipinski definition) is 4. The summed E-state index contributed by atoms with van der Waals surface area (Å²) in [6.07, 6.45) is -1.23. The SMILES string of the molecule is O=C(N[C@@H]1COC[C@@H]1C(=O)O)OCC1c2ccccc2-c2ccccc21.O=C(N[C@H]1COC[C@H]1C(=O)O)OCC1c2ccccc2-c2ccccc21. The number of fused-ring (bicyclic) bond motifs is 6. The van der Waals surface area contributed by atoms with Crippen LogP contribution in [0.2, 0.25) is 0 Å². The number of nitrogens with one attached hydrogen (secondary N) is 2. The van der Waals surface area contributed by atoms with E-state index in [1.54, 1.807) is 0 Å². The third-order valence-electron chi connectivity index (χ3n) is 10.1. The molecule has 0 saturated carbocycles. The molecule has 2 aliphatic carbocycles. The molecule has 2 aliphatic heterocycles. The number of aliphatic carboxylic acids is 2. The van der Waals surface area contributed by atoms with Crippen LogP contribution in [-0.2, 0) is 28.5 Å². The first kappa shape index (κ1) is 34.7. The molecule has 4 N–H and O–H groups in total. The van der Waals surface area contributed by atoms with Gasteiger partial charge in [0.25, 0.3) is 0 Å². The molecule has 8 rings (SSSR count). The van der Waals surface area contributed by atoms with Crippen LogP contribution in [-0.4, -0.2) is 86.1 Å². The van der Waals surface area contributed by atoms with Gasteiger partial charge in [-0.3, -0.25) is 9.59 Å². The molecule has 4 atom stereocenters. The number of benzene rings is 4. The van der Waals surface area contributed by atoms with Gasteiger partial charge in [0, 0.05) is 11.8 Å². The molecule has 12 heteroatoms. The molecule has 2 heterocycles. The molecule has 2 fully saturated rings. The van der Waals surface area contributed by atoms with E-state index < -0.39 is 48.0 Å². The molecule has 0 spiro atoms. The monoisotopic (exact) mass is 706 g/mol. The minimum Gasteiger partial charge on any atom is -0.481 e. The van der Waals surface area contributed by atoms with Crippen molar-refractivity contribution in [1.29, 1.82) is 0 Å². The van der Waals surface area contributed by atoms with Crippen LogP contribution in [0.1, 0.15) is 34.1 Å². The van der Waals surface area contributed by atoms with E-state index >= 15 is 0 Å². The molecule has 0 aromatic heterocycles. The van der Waals surface area contributed by atoms with Gasteiger partial charge >= 0.3 is 24.1 Å². The topological polar surface area (TPSA) is 170 Å². The van der Waals surface area contributed by atoms with Crippen molar-refractivity contribution in [2.24, 2.45) is 11.8 Å². The molecular formula is C40H38N2O10. The summed E-state index contributed by atoms with van der Waals surface area (Å²) in [7, 11) is 0. The zero-order chi connectivity index (χ0) is 36.2. The quantitative estimate of drug-likeness (QED) is 0.190. The van der Waals surface area contributed by atoms with Gasteiger partial charge < -0.3 is 39.8 Å². The Morgan fingerprint density at radius 2 is 0.827 bits per heavy atom. The molecule has 4 aromatic rings. The van der Waals surface area contributed by atoms with Crippen LogP contribution in [0, 0.1) is 11.8 Å². The number of ether oxygens (including phenoxy) is 4. The summed E-state index contributed by atoms with van der Waals surface area (Å²) < 4.78 is 21.2. The van der Waals surface area contributed by atoms with Crippen LogP contribution in [0.5, 0.6) is 0 Å². The van der Waals surface area contributed by atoms with Gasteiger partial charge in [0.2, 0.25) is 0 Å². The molecule has 2 saturated heterocycles. The van der Waals surface area contributed by atoms with Crippen molar-refractivity contribution in [3.05, 3.63) is 119 Å². The third kappa shape index (κ3) is 7.07. The standard InChI is InChI=1S/2C20H19NO5/c2*22-19(23)17-9-25-11-18(17)21-20(24)26-10-16-14-7-3-1-5-12(14)13-6-2-4-8-15(13)16/h2*1-8,16-18H,9-11H2,(H,21,24)(H,22,23)/t2*17-,18+/m10/s1.